The monoisotopic (exact) mass is 124 g/mol. The van der Waals surface area contributed by atoms with Gasteiger partial charge in [0.15, 0.2) is 0 Å². The highest BCUT2D eigenvalue weighted by molar-refractivity contribution is 5.89. The van der Waals surface area contributed by atoms with Crippen molar-refractivity contribution in [2.24, 2.45) is 4.99 Å². The minimum absolute atomic E-state index is 0.0764. The highest BCUT2D eigenvalue weighted by atomic mass is 16.2. The second kappa shape index (κ2) is 2.44. The molecule has 1 amide bonds. The van der Waals surface area contributed by atoms with Crippen LogP contribution in [0.4, 0.5) is 0 Å². The molecule has 1 heterocycles. The molecule has 0 bridgehead atoms. The topological polar surface area (TPSA) is 32.7 Å². The molecule has 0 aromatic rings. The van der Waals surface area contributed by atoms with E-state index in [-0.39, 0.29) is 5.91 Å². The van der Waals surface area contributed by atoms with E-state index in [4.69, 9.17) is 0 Å². The van der Waals surface area contributed by atoms with Gasteiger partial charge in [-0.25, -0.2) is 4.99 Å². The largest absolute Gasteiger partial charge is 0.306 e. The van der Waals surface area contributed by atoms with Crippen LogP contribution in [0, 0.1) is 0 Å². The molecule has 1 aliphatic heterocycles. The lowest BCUT2D eigenvalue weighted by atomic mass is 10.4. The molecule has 1 rings (SSSR count). The van der Waals surface area contributed by atoms with Gasteiger partial charge in [0.1, 0.15) is 0 Å². The van der Waals surface area contributed by atoms with Crippen LogP contribution in [0.3, 0.4) is 0 Å². The zero-order chi connectivity index (χ0) is 6.69. The Balaban J connectivity index is 2.69. The fourth-order valence-electron chi connectivity index (χ4n) is 0.561. The Morgan fingerprint density at radius 1 is 1.78 bits per heavy atom. The summed E-state index contributed by atoms with van der Waals surface area (Å²) in [6.07, 6.45) is 5.33. The van der Waals surface area contributed by atoms with Crippen molar-refractivity contribution in [3.8, 4) is 0 Å². The Hall–Kier alpha value is -1.12. The van der Waals surface area contributed by atoms with E-state index in [1.54, 1.807) is 19.3 Å². The van der Waals surface area contributed by atoms with Crippen LogP contribution < -0.4 is 0 Å². The minimum atomic E-state index is 0.0764. The van der Waals surface area contributed by atoms with Crippen molar-refractivity contribution in [2.45, 2.75) is 6.42 Å². The van der Waals surface area contributed by atoms with Gasteiger partial charge in [0.25, 0.3) is 0 Å². The summed E-state index contributed by atoms with van der Waals surface area (Å²) in [6.45, 7) is 0. The van der Waals surface area contributed by atoms with Crippen LogP contribution in [0.15, 0.2) is 17.3 Å². The SMILES string of the molecule is CN1C=NC=CCC1=O. The highest BCUT2D eigenvalue weighted by Gasteiger charge is 2.03. The van der Waals surface area contributed by atoms with Crippen LogP contribution in [0.1, 0.15) is 6.42 Å². The number of hydrogen-bond donors (Lipinski definition) is 0. The molecule has 9 heavy (non-hydrogen) atoms. The van der Waals surface area contributed by atoms with Crippen molar-refractivity contribution in [1.82, 2.24) is 4.90 Å². The lowest BCUT2D eigenvalue weighted by Crippen LogP contribution is -2.23. The Labute approximate surface area is 53.7 Å². The molecule has 0 atom stereocenters. The molecule has 0 radical (unpaired) electrons. The fourth-order valence-corrected chi connectivity index (χ4v) is 0.561. The molecule has 0 saturated heterocycles. The molecule has 0 aromatic heterocycles. The van der Waals surface area contributed by atoms with Crippen LogP contribution in [-0.2, 0) is 4.79 Å². The van der Waals surface area contributed by atoms with E-state index in [0.29, 0.717) is 6.42 Å². The lowest BCUT2D eigenvalue weighted by molar-refractivity contribution is -0.125. The number of rotatable bonds is 0. The Morgan fingerprint density at radius 2 is 2.56 bits per heavy atom. The zero-order valence-corrected chi connectivity index (χ0v) is 5.24. The average molecular weight is 124 g/mol. The molecule has 0 saturated carbocycles. The maximum atomic E-state index is 10.8. The second-order valence-corrected chi connectivity index (χ2v) is 1.86. The highest BCUT2D eigenvalue weighted by Crippen LogP contribution is 1.94. The van der Waals surface area contributed by atoms with Crippen molar-refractivity contribution >= 4 is 12.2 Å². The smallest absolute Gasteiger partial charge is 0.231 e. The molecule has 0 aliphatic carbocycles. The predicted octanol–water partition coefficient (Wildman–Crippen LogP) is 0.391. The third kappa shape index (κ3) is 1.38. The average Bonchev–Trinajstić information content (AvgIpc) is 1.99. The van der Waals surface area contributed by atoms with E-state index in [2.05, 4.69) is 4.99 Å². The normalized spacial score (nSPS) is 18.3. The van der Waals surface area contributed by atoms with Crippen LogP contribution in [-0.4, -0.2) is 24.2 Å². The van der Waals surface area contributed by atoms with Gasteiger partial charge in [0.2, 0.25) is 5.91 Å². The van der Waals surface area contributed by atoms with Crippen LogP contribution in [0.25, 0.3) is 0 Å². The van der Waals surface area contributed by atoms with Crippen LogP contribution in [0.2, 0.25) is 0 Å². The van der Waals surface area contributed by atoms with Crippen LogP contribution >= 0.6 is 0 Å². The lowest BCUT2D eigenvalue weighted by Gasteiger charge is -2.05. The first-order chi connectivity index (χ1) is 4.30. The molecule has 0 fully saturated rings. The van der Waals surface area contributed by atoms with Gasteiger partial charge >= 0.3 is 0 Å². The Bertz CT molecular complexity index is 172. The van der Waals surface area contributed by atoms with Crippen molar-refractivity contribution in [3.05, 3.63) is 12.3 Å². The quantitative estimate of drug-likeness (QED) is 0.459. The molecule has 0 spiro atoms. The van der Waals surface area contributed by atoms with E-state index >= 15 is 0 Å². The van der Waals surface area contributed by atoms with E-state index in [1.165, 1.54) is 11.2 Å². The summed E-state index contributed by atoms with van der Waals surface area (Å²) in [5.41, 5.74) is 0. The zero-order valence-electron chi connectivity index (χ0n) is 5.24. The van der Waals surface area contributed by atoms with Crippen molar-refractivity contribution in [2.75, 3.05) is 7.05 Å². The molecule has 3 heteroatoms. The van der Waals surface area contributed by atoms with E-state index in [9.17, 15) is 4.79 Å². The molecular formula is C6H8N2O. The van der Waals surface area contributed by atoms with E-state index < -0.39 is 0 Å². The number of aliphatic imine (C=N–C) groups is 1. The van der Waals surface area contributed by atoms with Gasteiger partial charge in [-0.3, -0.25) is 4.79 Å². The van der Waals surface area contributed by atoms with Crippen molar-refractivity contribution in [1.29, 1.82) is 0 Å². The molecule has 0 aromatic carbocycles. The van der Waals surface area contributed by atoms with Gasteiger partial charge in [-0.15, -0.1) is 0 Å². The molecule has 3 nitrogen and oxygen atoms in total. The summed E-state index contributed by atoms with van der Waals surface area (Å²) >= 11 is 0. The molecule has 0 unspecified atom stereocenters. The van der Waals surface area contributed by atoms with Gasteiger partial charge in [-0.05, 0) is 0 Å². The van der Waals surface area contributed by atoms with Gasteiger partial charge < -0.3 is 4.90 Å². The van der Waals surface area contributed by atoms with Crippen LogP contribution in [0.5, 0.6) is 0 Å². The first-order valence-electron chi connectivity index (χ1n) is 2.74. The summed E-state index contributed by atoms with van der Waals surface area (Å²) in [6, 6.07) is 0. The number of amides is 1. The van der Waals surface area contributed by atoms with Crippen molar-refractivity contribution < 1.29 is 4.79 Å². The predicted molar refractivity (Wildman–Crippen MR) is 35.0 cm³/mol. The van der Waals surface area contributed by atoms with E-state index in [0.717, 1.165) is 0 Å². The summed E-state index contributed by atoms with van der Waals surface area (Å²) in [4.78, 5) is 16.1. The molecular weight excluding hydrogens is 116 g/mol. The summed E-state index contributed by atoms with van der Waals surface area (Å²) < 4.78 is 0. The minimum Gasteiger partial charge on any atom is -0.306 e. The first kappa shape index (κ1) is 6.01. The Morgan fingerprint density at radius 3 is 3.33 bits per heavy atom. The maximum Gasteiger partial charge on any atom is 0.231 e. The summed E-state index contributed by atoms with van der Waals surface area (Å²) in [5, 5.41) is 0. The number of carbonyl (C=O) groups is 1. The number of hydrogen-bond acceptors (Lipinski definition) is 2. The van der Waals surface area contributed by atoms with Crippen molar-refractivity contribution in [3.63, 3.8) is 0 Å². The van der Waals surface area contributed by atoms with Gasteiger partial charge in [0, 0.05) is 19.7 Å². The Kier molecular flexibility index (Phi) is 1.63. The standard InChI is InChI=1S/C6H8N2O/c1-8-5-7-4-2-3-6(8)9/h2,4-5H,3H2,1H3. The van der Waals surface area contributed by atoms with Gasteiger partial charge in [-0.2, -0.15) is 0 Å². The van der Waals surface area contributed by atoms with Gasteiger partial charge in [0.05, 0.1) is 6.34 Å². The number of carbonyl (C=O) groups excluding carboxylic acids is 1. The number of nitrogens with zero attached hydrogens (tertiary/aromatic N) is 2. The molecule has 48 valence electrons. The molecule has 1 aliphatic rings. The fraction of sp³-hybridized carbons (Fsp3) is 0.333. The summed E-state index contributed by atoms with van der Waals surface area (Å²) in [7, 11) is 1.69. The van der Waals surface area contributed by atoms with E-state index in [1.807, 2.05) is 0 Å². The molecule has 0 N–H and O–H groups in total. The maximum absolute atomic E-state index is 10.8. The second-order valence-electron chi connectivity index (χ2n) is 1.86. The third-order valence-corrected chi connectivity index (χ3v) is 1.12. The third-order valence-electron chi connectivity index (χ3n) is 1.12. The first-order valence-corrected chi connectivity index (χ1v) is 2.74. The van der Waals surface area contributed by atoms with Gasteiger partial charge in [-0.1, -0.05) is 6.08 Å². The summed E-state index contributed by atoms with van der Waals surface area (Å²) in [5.74, 6) is 0.0764.